The first-order valence-electron chi connectivity index (χ1n) is 11.7. The van der Waals surface area contributed by atoms with Gasteiger partial charge in [0.05, 0.1) is 27.6 Å². The molecule has 0 spiro atoms. The first-order chi connectivity index (χ1) is 19.0. The molecule has 2 aliphatic rings. The highest BCUT2D eigenvalue weighted by molar-refractivity contribution is 6.37. The van der Waals surface area contributed by atoms with Crippen molar-refractivity contribution >= 4 is 47.0 Å². The number of allylic oxidation sites excluding steroid dienone is 1. The quantitative estimate of drug-likeness (QED) is 0.338. The molecule has 0 unspecified atom stereocenters. The van der Waals surface area contributed by atoms with Crippen molar-refractivity contribution < 1.29 is 32.2 Å². The molecule has 2 aliphatic heterocycles. The fourth-order valence-corrected chi connectivity index (χ4v) is 4.81. The van der Waals surface area contributed by atoms with E-state index in [0.29, 0.717) is 41.2 Å². The minimum Gasteiger partial charge on any atom is -0.454 e. The van der Waals surface area contributed by atoms with Crippen LogP contribution in [-0.4, -0.2) is 36.0 Å². The zero-order valence-corrected chi connectivity index (χ0v) is 22.0. The van der Waals surface area contributed by atoms with Gasteiger partial charge in [0.15, 0.2) is 5.75 Å². The third kappa shape index (κ3) is 6.00. The fourth-order valence-electron chi connectivity index (χ4n) is 4.26. The van der Waals surface area contributed by atoms with E-state index in [9.17, 15) is 22.8 Å². The van der Waals surface area contributed by atoms with Gasteiger partial charge in [0.1, 0.15) is 11.5 Å². The van der Waals surface area contributed by atoms with Crippen molar-refractivity contribution in [2.24, 2.45) is 5.10 Å². The summed E-state index contributed by atoms with van der Waals surface area (Å²) in [6.45, 7) is 4.09. The third-order valence-corrected chi connectivity index (χ3v) is 6.55. The number of ether oxygens (including phenoxy) is 2. The monoisotopic (exact) mass is 590 g/mol. The summed E-state index contributed by atoms with van der Waals surface area (Å²) < 4.78 is 47.6. The predicted octanol–water partition coefficient (Wildman–Crippen LogP) is 6.91. The minimum atomic E-state index is -4.80. The van der Waals surface area contributed by atoms with E-state index in [4.69, 9.17) is 27.9 Å². The molecular formula is C27H19Cl2F3N4O4. The zero-order valence-electron chi connectivity index (χ0n) is 20.5. The molecule has 206 valence electrons. The van der Waals surface area contributed by atoms with Crippen LogP contribution in [0, 0.1) is 0 Å². The van der Waals surface area contributed by atoms with Gasteiger partial charge in [-0.3, -0.25) is 4.79 Å². The summed E-state index contributed by atoms with van der Waals surface area (Å²) in [5, 5.41) is 7.88. The van der Waals surface area contributed by atoms with Gasteiger partial charge in [-0.25, -0.2) is 4.79 Å². The number of halogens is 5. The van der Waals surface area contributed by atoms with E-state index < -0.39 is 12.4 Å². The third-order valence-electron chi connectivity index (χ3n) is 5.99. The number of anilines is 1. The van der Waals surface area contributed by atoms with Crippen molar-refractivity contribution in [1.29, 1.82) is 0 Å². The topological polar surface area (TPSA) is 83.5 Å². The van der Waals surface area contributed by atoms with Crippen molar-refractivity contribution in [1.82, 2.24) is 10.2 Å². The smallest absolute Gasteiger partial charge is 0.454 e. The Bertz CT molecular complexity index is 1540. The lowest BCUT2D eigenvalue weighted by Crippen LogP contribution is -2.40. The second-order valence-corrected chi connectivity index (χ2v) is 9.66. The van der Waals surface area contributed by atoms with Crippen molar-refractivity contribution in [3.63, 3.8) is 0 Å². The highest BCUT2D eigenvalue weighted by atomic mass is 35.5. The molecule has 0 bridgehead atoms. The second kappa shape index (κ2) is 10.7. The summed E-state index contributed by atoms with van der Waals surface area (Å²) in [6.07, 6.45) is -2.93. The van der Waals surface area contributed by atoms with Crippen LogP contribution in [0.5, 0.6) is 17.2 Å². The van der Waals surface area contributed by atoms with Crippen LogP contribution in [0.2, 0.25) is 10.0 Å². The molecule has 0 fully saturated rings. The van der Waals surface area contributed by atoms with E-state index in [1.807, 2.05) is 0 Å². The molecule has 8 nitrogen and oxygen atoms in total. The highest BCUT2D eigenvalue weighted by Crippen LogP contribution is 2.41. The Morgan fingerprint density at radius 3 is 2.48 bits per heavy atom. The fraction of sp³-hybridized carbons (Fsp3) is 0.148. The van der Waals surface area contributed by atoms with Crippen molar-refractivity contribution in [2.45, 2.75) is 19.3 Å². The summed E-state index contributed by atoms with van der Waals surface area (Å²) in [6, 6.07) is 12.9. The zero-order chi connectivity index (χ0) is 28.6. The molecule has 1 N–H and O–H groups in total. The lowest BCUT2D eigenvalue weighted by atomic mass is 9.98. The number of urea groups is 1. The number of hydrogen-bond donors (Lipinski definition) is 1. The van der Waals surface area contributed by atoms with E-state index in [1.165, 1.54) is 36.5 Å². The summed E-state index contributed by atoms with van der Waals surface area (Å²) in [4.78, 5) is 26.9. The molecular weight excluding hydrogens is 572 g/mol. The Labute approximate surface area is 236 Å². The first kappa shape index (κ1) is 27.4. The predicted molar refractivity (Wildman–Crippen MR) is 143 cm³/mol. The summed E-state index contributed by atoms with van der Waals surface area (Å²) in [5.41, 5.74) is 2.34. The van der Waals surface area contributed by atoms with Crippen LogP contribution in [0.25, 0.3) is 0 Å². The lowest BCUT2D eigenvalue weighted by molar-refractivity contribution is -0.274. The normalized spacial score (nSPS) is 15.2. The largest absolute Gasteiger partial charge is 0.573 e. The standard InChI is InChI=1S/C27H19Cl2F3N4O4/c1-15-13-33-36(26(38)34-15)18-11-22(28)24(23(29)12-18)39-19-5-6-21-17(10-19)7-8-35(25(21)37)14-16-3-2-4-20(9-16)40-27(30,31)32/h2-6,9-13H,1,7-8,14H2,(H,34,38). The number of nitrogens with one attached hydrogen (secondary N) is 1. The number of alkyl halides is 3. The average molecular weight is 591 g/mol. The van der Waals surface area contributed by atoms with Gasteiger partial charge in [-0.2, -0.15) is 10.1 Å². The average Bonchev–Trinajstić information content (AvgIpc) is 2.87. The van der Waals surface area contributed by atoms with Crippen LogP contribution < -0.4 is 19.8 Å². The van der Waals surface area contributed by atoms with Crippen LogP contribution in [-0.2, 0) is 13.0 Å². The first-order valence-corrected chi connectivity index (χ1v) is 12.5. The number of hydrazone groups is 1. The summed E-state index contributed by atoms with van der Waals surface area (Å²) in [5.74, 6) is -0.0700. The number of carbonyl (C=O) groups is 2. The number of fused-ring (bicyclic) bond motifs is 1. The summed E-state index contributed by atoms with van der Waals surface area (Å²) >= 11 is 12.8. The molecule has 0 aliphatic carbocycles. The number of nitrogens with zero attached hydrogens (tertiary/aromatic N) is 3. The van der Waals surface area contributed by atoms with Crippen LogP contribution in [0.1, 0.15) is 21.5 Å². The van der Waals surface area contributed by atoms with E-state index in [2.05, 4.69) is 21.7 Å². The summed E-state index contributed by atoms with van der Waals surface area (Å²) in [7, 11) is 0. The number of carbonyl (C=O) groups excluding carboxylic acids is 2. The number of amides is 3. The van der Waals surface area contributed by atoms with E-state index in [0.717, 1.165) is 10.6 Å². The highest BCUT2D eigenvalue weighted by Gasteiger charge is 2.31. The second-order valence-electron chi connectivity index (χ2n) is 8.84. The Kier molecular flexibility index (Phi) is 7.35. The SMILES string of the molecule is C=C1C=NN(c2cc(Cl)c(Oc3ccc4c(c3)CCN(Cc3cccc(OC(F)(F)F)c3)C4=O)c(Cl)c2)C(=O)N1. The Hall–Kier alpha value is -4.22. The van der Waals surface area contributed by atoms with Crippen LogP contribution in [0.15, 0.2) is 72.0 Å². The van der Waals surface area contributed by atoms with E-state index >= 15 is 0 Å². The maximum atomic E-state index is 13.1. The Balaban J connectivity index is 1.30. The van der Waals surface area contributed by atoms with Crippen molar-refractivity contribution in [2.75, 3.05) is 11.6 Å². The molecule has 3 amide bonds. The molecule has 5 rings (SSSR count). The molecule has 0 aromatic heterocycles. The maximum Gasteiger partial charge on any atom is 0.573 e. The molecule has 3 aromatic carbocycles. The number of benzene rings is 3. The molecule has 0 saturated carbocycles. The number of hydrogen-bond acceptors (Lipinski definition) is 5. The molecule has 0 radical (unpaired) electrons. The molecule has 3 aromatic rings. The van der Waals surface area contributed by atoms with Gasteiger partial charge in [-0.05, 0) is 60.0 Å². The van der Waals surface area contributed by atoms with Crippen LogP contribution >= 0.6 is 23.2 Å². The van der Waals surface area contributed by atoms with E-state index in [-0.39, 0.29) is 34.0 Å². The lowest BCUT2D eigenvalue weighted by Gasteiger charge is -2.29. The molecule has 0 saturated heterocycles. The van der Waals surface area contributed by atoms with Gasteiger partial charge in [-0.15, -0.1) is 13.2 Å². The number of rotatable bonds is 6. The Morgan fingerprint density at radius 1 is 1.02 bits per heavy atom. The van der Waals surface area contributed by atoms with Crippen LogP contribution in [0.4, 0.5) is 23.7 Å². The van der Waals surface area contributed by atoms with Crippen molar-refractivity contribution in [3.05, 3.63) is 93.6 Å². The van der Waals surface area contributed by atoms with Crippen LogP contribution in [0.3, 0.4) is 0 Å². The molecule has 2 heterocycles. The molecule has 40 heavy (non-hydrogen) atoms. The van der Waals surface area contributed by atoms with E-state index in [1.54, 1.807) is 29.2 Å². The van der Waals surface area contributed by atoms with Gasteiger partial charge in [-0.1, -0.05) is 41.9 Å². The van der Waals surface area contributed by atoms with Gasteiger partial charge >= 0.3 is 12.4 Å². The van der Waals surface area contributed by atoms with Gasteiger partial charge in [0.2, 0.25) is 0 Å². The van der Waals surface area contributed by atoms with Gasteiger partial charge < -0.3 is 19.7 Å². The molecule has 0 atom stereocenters. The van der Waals surface area contributed by atoms with Gasteiger partial charge in [0, 0.05) is 18.7 Å². The Morgan fingerprint density at radius 2 is 1.77 bits per heavy atom. The minimum absolute atomic E-state index is 0.121. The maximum absolute atomic E-state index is 13.1. The molecule has 13 heteroatoms. The van der Waals surface area contributed by atoms with Gasteiger partial charge in [0.25, 0.3) is 5.91 Å². The van der Waals surface area contributed by atoms with Crippen molar-refractivity contribution in [3.8, 4) is 17.2 Å².